The molecule has 29 heteroatoms. The van der Waals surface area contributed by atoms with E-state index >= 15 is 0 Å². The number of carboxylic acid groups (broad SMARTS) is 1. The fourth-order valence-corrected chi connectivity index (χ4v) is 10.5. The maximum Gasteiger partial charge on any atom is 0.337 e. The zero-order valence-electron chi connectivity index (χ0n) is 46.8. The van der Waals surface area contributed by atoms with Gasteiger partial charge in [0.2, 0.25) is 47.3 Å². The van der Waals surface area contributed by atoms with E-state index in [4.69, 9.17) is 16.2 Å². The first-order valence-electron chi connectivity index (χ1n) is 28.1. The number of amides is 8. The molecule has 0 radical (unpaired) electrons. The summed E-state index contributed by atoms with van der Waals surface area (Å²) in [6, 6.07) is -13.8. The average Bonchev–Trinajstić information content (AvgIpc) is 4.28. The average molecular weight is 1150 g/mol. The van der Waals surface area contributed by atoms with Gasteiger partial charge >= 0.3 is 17.9 Å². The molecule has 0 aromatic carbocycles. The summed E-state index contributed by atoms with van der Waals surface area (Å²) in [7, 11) is 0.859. The van der Waals surface area contributed by atoms with E-state index in [-0.39, 0.29) is 77.1 Å². The summed E-state index contributed by atoms with van der Waals surface area (Å²) in [5.41, 5.74) is 11.0. The van der Waals surface area contributed by atoms with Crippen molar-refractivity contribution in [2.24, 2.45) is 22.4 Å². The van der Waals surface area contributed by atoms with Gasteiger partial charge in [-0.15, -0.1) is 0 Å². The van der Waals surface area contributed by atoms with Crippen molar-refractivity contribution < 1.29 is 87.7 Å². The van der Waals surface area contributed by atoms with Crippen LogP contribution in [0.2, 0.25) is 0 Å². The molecule has 0 aromatic rings. The Morgan fingerprint density at radius 1 is 0.630 bits per heavy atom. The number of nitrogens with zero attached hydrogens (tertiary/aromatic N) is 4. The Bertz CT molecular complexity index is 2250. The van der Waals surface area contributed by atoms with Crippen molar-refractivity contribution >= 4 is 71.1 Å². The number of esters is 2. The number of unbranched alkanes of at least 4 members (excludes halogenated alkanes) is 6. The first-order valence-corrected chi connectivity index (χ1v) is 28.1. The Morgan fingerprint density at radius 2 is 1.16 bits per heavy atom. The minimum Gasteiger partial charge on any atom is -0.479 e. The van der Waals surface area contributed by atoms with Gasteiger partial charge in [-0.1, -0.05) is 58.8 Å². The summed E-state index contributed by atoms with van der Waals surface area (Å²) in [6.07, 6.45) is -1.19. The van der Waals surface area contributed by atoms with Crippen LogP contribution in [0, 0.1) is 5.92 Å². The second kappa shape index (κ2) is 32.7. The lowest BCUT2D eigenvalue weighted by atomic mass is 10.0. The van der Waals surface area contributed by atoms with Crippen LogP contribution in [0.3, 0.4) is 0 Å². The molecule has 8 amide bonds. The number of cyclic esters (lactones) is 1. The number of carbonyl (C=O) groups is 11. The molecule has 4 heterocycles. The number of fused-ring (bicyclic) bond motifs is 3. The quantitative estimate of drug-likeness (QED) is 0.0241. The van der Waals surface area contributed by atoms with Crippen molar-refractivity contribution in [3.63, 3.8) is 0 Å². The maximum absolute atomic E-state index is 14.5. The zero-order valence-corrected chi connectivity index (χ0v) is 46.8. The number of aliphatic hydroxyl groups excluding tert-OH is 4. The van der Waals surface area contributed by atoms with Gasteiger partial charge in [-0.2, -0.15) is 0 Å². The largest absolute Gasteiger partial charge is 0.479 e. The highest BCUT2D eigenvalue weighted by Gasteiger charge is 2.47. The number of aliphatic carboxylic acids is 1. The van der Waals surface area contributed by atoms with Crippen LogP contribution in [-0.4, -0.2) is 224 Å². The number of ether oxygens (including phenoxy) is 2. The molecule has 0 aliphatic carbocycles. The number of nitrogens with two attached hydrogens (primary N) is 2. The fraction of sp³-hybridized carbons (Fsp3) is 0.769. The van der Waals surface area contributed by atoms with E-state index in [9.17, 15) is 78.3 Å². The number of methoxy groups -OCH3 is 1. The smallest absolute Gasteiger partial charge is 0.337 e. The Balaban J connectivity index is 1.77. The summed E-state index contributed by atoms with van der Waals surface area (Å²) in [5.74, 6) is -12.8. The second-order valence-electron chi connectivity index (χ2n) is 21.5. The second-order valence-corrected chi connectivity index (χ2v) is 21.5. The third-order valence-electron chi connectivity index (χ3n) is 14.9. The Morgan fingerprint density at radius 3 is 1.72 bits per heavy atom. The highest BCUT2D eigenvalue weighted by Crippen LogP contribution is 2.27. The first-order chi connectivity index (χ1) is 38.4. The van der Waals surface area contributed by atoms with Gasteiger partial charge in [0.1, 0.15) is 48.4 Å². The topological polar surface area (TPSA) is 442 Å². The standard InChI is InChI=1S/C52H85N11O18/c1-28(2)16-10-8-6-5-7-9-11-17-30-26-36(66)58-37(29(3)65)48(75)63-25-15-21-35(63)47(74)62-24-14-19-33(62)43(70)56-31(18-12-22-55-52(53)54)42(69)59-38(41(68)51(79)80-4)45(72)57-32(27-64)46(73)61-23-13-20-34(61)44(71)60-39(50(78)81-30)40(67)49(76)77/h28-35,37-41,64-65,67-68H,5-27H2,1-4H3,(H,56,70)(H,57,72)(H,58,66)(H,59,69)(H,60,71)(H,76,77)(H4,53,54,55)/t29-,30+,31+,32+,33+,34+,35+,37+,38+,39+,40+,41+/m1/s1. The lowest BCUT2D eigenvalue weighted by Gasteiger charge is -2.34. The number of nitrogens with one attached hydrogen (secondary N) is 5. The van der Waals surface area contributed by atoms with E-state index in [1.165, 1.54) is 16.7 Å². The van der Waals surface area contributed by atoms with E-state index in [0.29, 0.717) is 31.6 Å². The maximum atomic E-state index is 14.5. The van der Waals surface area contributed by atoms with Crippen LogP contribution in [0.25, 0.3) is 0 Å². The van der Waals surface area contributed by atoms with Gasteiger partial charge in [0.05, 0.1) is 26.2 Å². The molecule has 12 atom stereocenters. The van der Waals surface area contributed by atoms with Gasteiger partial charge in [0.15, 0.2) is 24.2 Å². The van der Waals surface area contributed by atoms with Gasteiger partial charge < -0.3 is 87.8 Å². The molecule has 4 fully saturated rings. The van der Waals surface area contributed by atoms with E-state index in [1.807, 2.05) is 0 Å². The van der Waals surface area contributed by atoms with Crippen LogP contribution in [-0.2, 0) is 62.2 Å². The number of carboxylic acids is 1. The number of aliphatic imine (C=N–C) groups is 1. The normalized spacial score (nSPS) is 27.2. The van der Waals surface area contributed by atoms with Crippen molar-refractivity contribution in [3.8, 4) is 0 Å². The zero-order chi connectivity index (χ0) is 60.1. The molecule has 29 nitrogen and oxygen atoms in total. The number of guanidine groups is 1. The Hall–Kier alpha value is -6.72. The van der Waals surface area contributed by atoms with E-state index in [0.717, 1.165) is 50.5 Å². The van der Waals surface area contributed by atoms with Crippen LogP contribution < -0.4 is 38.1 Å². The summed E-state index contributed by atoms with van der Waals surface area (Å²) >= 11 is 0. The SMILES string of the molecule is COC(=O)[C@@H](O)[C@@H]1NC(=O)[C@H](CCCN=C(N)N)NC(=O)[C@@H]2CCCN2C(=O)[C@@H]2CCCN2C(=O)[C@H]([C@@H](C)O)NC(=O)C[C@H](CCCCCCCCCC(C)C)OC(=O)[C@H]([C@H](O)C(=O)O)NC(=O)[C@@H]2CCCN2C(=O)[C@H](CO)NC1=O. The van der Waals surface area contributed by atoms with Gasteiger partial charge in [-0.25, -0.2) is 14.4 Å². The third kappa shape index (κ3) is 19.5. The molecule has 0 bridgehead atoms. The van der Waals surface area contributed by atoms with Crippen molar-refractivity contribution in [1.29, 1.82) is 0 Å². The van der Waals surface area contributed by atoms with Crippen LogP contribution in [0.4, 0.5) is 0 Å². The van der Waals surface area contributed by atoms with Crippen molar-refractivity contribution in [1.82, 2.24) is 41.3 Å². The summed E-state index contributed by atoms with van der Waals surface area (Å²) in [5, 5.41) is 64.9. The van der Waals surface area contributed by atoms with Gasteiger partial charge in [-0.3, -0.25) is 43.3 Å². The van der Waals surface area contributed by atoms with Gasteiger partial charge in [0, 0.05) is 26.2 Å². The molecular formula is C52H85N11O18. The molecule has 0 saturated carbocycles. The molecule has 0 spiro atoms. The van der Waals surface area contributed by atoms with Crippen molar-refractivity contribution in [2.75, 3.05) is 39.9 Å². The fourth-order valence-electron chi connectivity index (χ4n) is 10.5. The van der Waals surface area contributed by atoms with Crippen molar-refractivity contribution in [3.05, 3.63) is 0 Å². The van der Waals surface area contributed by atoms with Crippen LogP contribution in [0.15, 0.2) is 4.99 Å². The number of hydrogen-bond donors (Lipinski definition) is 12. The molecular weight excluding hydrogens is 1070 g/mol. The predicted octanol–water partition coefficient (Wildman–Crippen LogP) is -3.73. The van der Waals surface area contributed by atoms with Gasteiger partial charge in [0.25, 0.3) is 0 Å². The van der Waals surface area contributed by atoms with E-state index < -0.39 is 151 Å². The molecule has 456 valence electrons. The summed E-state index contributed by atoms with van der Waals surface area (Å²) in [6.45, 7) is 4.14. The number of aliphatic hydroxyl groups is 4. The lowest BCUT2D eigenvalue weighted by Crippen LogP contribution is -2.63. The monoisotopic (exact) mass is 1150 g/mol. The Kier molecular flexibility index (Phi) is 26.9. The molecule has 0 unspecified atom stereocenters. The van der Waals surface area contributed by atoms with Crippen LogP contribution in [0.1, 0.15) is 136 Å². The molecule has 14 N–H and O–H groups in total. The summed E-state index contributed by atoms with van der Waals surface area (Å²) in [4.78, 5) is 160. The Labute approximate surface area is 470 Å². The van der Waals surface area contributed by atoms with Crippen molar-refractivity contribution in [2.45, 2.75) is 209 Å². The lowest BCUT2D eigenvalue weighted by molar-refractivity contribution is -0.165. The van der Waals surface area contributed by atoms with E-state index in [1.54, 1.807) is 0 Å². The highest BCUT2D eigenvalue weighted by atomic mass is 16.5. The molecule has 4 rings (SSSR count). The molecule has 4 saturated heterocycles. The minimum absolute atomic E-state index is 0.00600. The predicted molar refractivity (Wildman–Crippen MR) is 285 cm³/mol. The molecule has 81 heavy (non-hydrogen) atoms. The first kappa shape index (κ1) is 66.8. The molecule has 0 aromatic heterocycles. The number of rotatable bonds is 20. The highest BCUT2D eigenvalue weighted by molar-refractivity contribution is 6.00. The van der Waals surface area contributed by atoms with E-state index in [2.05, 4.69) is 50.2 Å². The van der Waals surface area contributed by atoms with Crippen LogP contribution >= 0.6 is 0 Å². The third-order valence-corrected chi connectivity index (χ3v) is 14.9. The molecule has 4 aliphatic rings. The number of carbonyl (C=O) groups excluding carboxylic acids is 10. The summed E-state index contributed by atoms with van der Waals surface area (Å²) < 4.78 is 10.3. The minimum atomic E-state index is -2.65. The van der Waals surface area contributed by atoms with Gasteiger partial charge in [-0.05, 0) is 77.0 Å². The van der Waals surface area contributed by atoms with Crippen LogP contribution in [0.5, 0.6) is 0 Å². The molecule has 4 aliphatic heterocycles. The number of hydrogen-bond acceptors (Lipinski definition) is 18.